The summed E-state index contributed by atoms with van der Waals surface area (Å²) >= 11 is 1.68. The Labute approximate surface area is 197 Å². The van der Waals surface area contributed by atoms with Crippen LogP contribution in [0.3, 0.4) is 0 Å². The number of nitrogens with two attached hydrogens (primary N) is 1. The molecule has 3 aromatic rings. The predicted octanol–water partition coefficient (Wildman–Crippen LogP) is 5.03. The van der Waals surface area contributed by atoms with E-state index < -0.39 is 5.92 Å². The third-order valence-corrected chi connectivity index (χ3v) is 6.44. The largest absolute Gasteiger partial charge is 0.493 e. The minimum atomic E-state index is -0.430. The van der Waals surface area contributed by atoms with Gasteiger partial charge in [0.25, 0.3) is 0 Å². The molecule has 1 aromatic heterocycles. The first kappa shape index (κ1) is 22.6. The SMILES string of the molecule is CCCOc1ccc([C@H]2C(C#N)=C(N)Oc3n[nH]c(CSc4ccc(C)cc4)c32)cc1OC. The lowest BCUT2D eigenvalue weighted by Gasteiger charge is -2.24. The van der Waals surface area contributed by atoms with Gasteiger partial charge in [-0.2, -0.15) is 5.26 Å². The first-order valence-electron chi connectivity index (χ1n) is 10.7. The van der Waals surface area contributed by atoms with Gasteiger partial charge in [0.1, 0.15) is 11.6 Å². The Bertz CT molecular complexity index is 1210. The normalized spacial score (nSPS) is 14.9. The summed E-state index contributed by atoms with van der Waals surface area (Å²) in [7, 11) is 1.60. The number of nitrogens with zero attached hydrogens (tertiary/aromatic N) is 2. The molecule has 0 bridgehead atoms. The average molecular weight is 463 g/mol. The fraction of sp³-hybridized carbons (Fsp3) is 0.280. The first-order valence-corrected chi connectivity index (χ1v) is 11.7. The van der Waals surface area contributed by atoms with Gasteiger partial charge in [-0.25, -0.2) is 0 Å². The van der Waals surface area contributed by atoms with Crippen LogP contribution in [0.1, 0.15) is 41.6 Å². The number of ether oxygens (including phenoxy) is 3. The van der Waals surface area contributed by atoms with Crippen molar-refractivity contribution < 1.29 is 14.2 Å². The standard InChI is InChI=1S/C25H26N4O3S/c1-4-11-31-20-10-7-16(12-21(20)30-3)22-18(13-26)24(27)32-25-23(22)19(28-29-25)14-33-17-8-5-15(2)6-9-17/h5-10,12,22H,4,11,14,27H2,1-3H3,(H,28,29)/t22-/m0/s1. The van der Waals surface area contributed by atoms with E-state index in [1.165, 1.54) is 5.56 Å². The second kappa shape index (κ2) is 9.92. The highest BCUT2D eigenvalue weighted by atomic mass is 32.2. The van der Waals surface area contributed by atoms with Crippen molar-refractivity contribution in [3.63, 3.8) is 0 Å². The molecule has 0 saturated carbocycles. The smallest absolute Gasteiger partial charge is 0.244 e. The van der Waals surface area contributed by atoms with Crippen LogP contribution >= 0.6 is 11.8 Å². The molecule has 3 N–H and O–H groups in total. The van der Waals surface area contributed by atoms with E-state index >= 15 is 0 Å². The molecular formula is C25H26N4O3S. The number of aryl methyl sites for hydroxylation is 1. The quantitative estimate of drug-likeness (QED) is 0.452. The molecule has 0 amide bonds. The van der Waals surface area contributed by atoms with Gasteiger partial charge in [-0.3, -0.25) is 5.10 Å². The lowest BCUT2D eigenvalue weighted by Crippen LogP contribution is -2.21. The van der Waals surface area contributed by atoms with Gasteiger partial charge in [0, 0.05) is 10.6 Å². The van der Waals surface area contributed by atoms with E-state index in [1.807, 2.05) is 25.1 Å². The van der Waals surface area contributed by atoms with E-state index in [2.05, 4.69) is 47.5 Å². The second-order valence-electron chi connectivity index (χ2n) is 7.71. The number of aromatic amines is 1. The number of rotatable bonds is 8. The van der Waals surface area contributed by atoms with Crippen LogP contribution in [0.4, 0.5) is 0 Å². The van der Waals surface area contributed by atoms with Gasteiger partial charge in [0.15, 0.2) is 11.5 Å². The Morgan fingerprint density at radius 1 is 1.21 bits per heavy atom. The van der Waals surface area contributed by atoms with E-state index in [0.29, 0.717) is 35.3 Å². The van der Waals surface area contributed by atoms with Crippen molar-refractivity contribution in [2.45, 2.75) is 36.8 Å². The van der Waals surface area contributed by atoms with Crippen LogP contribution in [0.2, 0.25) is 0 Å². The van der Waals surface area contributed by atoms with E-state index in [0.717, 1.165) is 28.1 Å². The number of H-pyrrole nitrogens is 1. The molecule has 0 spiro atoms. The van der Waals surface area contributed by atoms with Crippen molar-refractivity contribution in [3.05, 3.63) is 76.3 Å². The monoisotopic (exact) mass is 462 g/mol. The number of methoxy groups -OCH3 is 1. The lowest BCUT2D eigenvalue weighted by atomic mass is 9.84. The van der Waals surface area contributed by atoms with Gasteiger partial charge in [0.05, 0.1) is 30.9 Å². The Morgan fingerprint density at radius 3 is 2.70 bits per heavy atom. The van der Waals surface area contributed by atoms with Crippen LogP contribution in [0.25, 0.3) is 0 Å². The molecular weight excluding hydrogens is 436 g/mol. The zero-order valence-corrected chi connectivity index (χ0v) is 19.7. The van der Waals surface area contributed by atoms with Crippen LogP contribution < -0.4 is 19.9 Å². The van der Waals surface area contributed by atoms with E-state index in [-0.39, 0.29) is 5.88 Å². The van der Waals surface area contributed by atoms with Crippen molar-refractivity contribution in [3.8, 4) is 23.4 Å². The van der Waals surface area contributed by atoms with Gasteiger partial charge in [-0.1, -0.05) is 30.7 Å². The van der Waals surface area contributed by atoms with Crippen molar-refractivity contribution in [1.82, 2.24) is 10.2 Å². The summed E-state index contributed by atoms with van der Waals surface area (Å²) < 4.78 is 17.1. The number of hydrogen-bond donors (Lipinski definition) is 2. The molecule has 0 aliphatic carbocycles. The van der Waals surface area contributed by atoms with Crippen molar-refractivity contribution in [1.29, 1.82) is 5.26 Å². The molecule has 0 unspecified atom stereocenters. The minimum absolute atomic E-state index is 0.0597. The second-order valence-corrected chi connectivity index (χ2v) is 8.76. The first-order chi connectivity index (χ1) is 16.0. The van der Waals surface area contributed by atoms with Gasteiger partial charge in [0.2, 0.25) is 11.8 Å². The van der Waals surface area contributed by atoms with Gasteiger partial charge in [-0.15, -0.1) is 16.9 Å². The number of allylic oxidation sites excluding steroid dienone is 1. The Morgan fingerprint density at radius 2 is 2.00 bits per heavy atom. The number of benzene rings is 2. The summed E-state index contributed by atoms with van der Waals surface area (Å²) in [5.41, 5.74) is 10.2. The molecule has 170 valence electrons. The van der Waals surface area contributed by atoms with E-state index in [1.54, 1.807) is 18.9 Å². The zero-order chi connectivity index (χ0) is 23.4. The zero-order valence-electron chi connectivity index (χ0n) is 18.8. The fourth-order valence-electron chi connectivity index (χ4n) is 3.74. The molecule has 33 heavy (non-hydrogen) atoms. The van der Waals surface area contributed by atoms with Crippen LogP contribution in [-0.2, 0) is 5.75 Å². The predicted molar refractivity (Wildman–Crippen MR) is 127 cm³/mol. The third kappa shape index (κ3) is 4.64. The maximum absolute atomic E-state index is 9.92. The Balaban J connectivity index is 1.72. The molecule has 4 rings (SSSR count). The minimum Gasteiger partial charge on any atom is -0.493 e. The third-order valence-electron chi connectivity index (χ3n) is 5.40. The van der Waals surface area contributed by atoms with Crippen molar-refractivity contribution in [2.75, 3.05) is 13.7 Å². The van der Waals surface area contributed by atoms with Gasteiger partial charge in [-0.05, 0) is 43.2 Å². The van der Waals surface area contributed by atoms with Gasteiger partial charge < -0.3 is 19.9 Å². The summed E-state index contributed by atoms with van der Waals surface area (Å²) in [4.78, 5) is 1.15. The average Bonchev–Trinajstić information content (AvgIpc) is 3.23. The highest BCUT2D eigenvalue weighted by Gasteiger charge is 2.35. The molecule has 8 heteroatoms. The van der Waals surface area contributed by atoms with Crippen molar-refractivity contribution in [2.24, 2.45) is 5.73 Å². The topological polar surface area (TPSA) is 106 Å². The summed E-state index contributed by atoms with van der Waals surface area (Å²) in [5.74, 6) is 1.92. The fourth-order valence-corrected chi connectivity index (χ4v) is 4.60. The molecule has 0 fully saturated rings. The molecule has 0 radical (unpaired) electrons. The highest BCUT2D eigenvalue weighted by molar-refractivity contribution is 7.98. The maximum Gasteiger partial charge on any atom is 0.244 e. The molecule has 1 atom stereocenters. The number of aromatic nitrogens is 2. The maximum atomic E-state index is 9.92. The number of hydrogen-bond acceptors (Lipinski definition) is 7. The number of nitriles is 1. The number of nitrogens with one attached hydrogen (secondary N) is 1. The highest BCUT2D eigenvalue weighted by Crippen LogP contribution is 2.45. The van der Waals surface area contributed by atoms with Gasteiger partial charge >= 0.3 is 0 Å². The number of fused-ring (bicyclic) bond motifs is 1. The summed E-state index contributed by atoms with van der Waals surface area (Å²) in [6, 6.07) is 16.3. The molecule has 2 aromatic carbocycles. The summed E-state index contributed by atoms with van der Waals surface area (Å²) in [6.45, 7) is 4.70. The number of thioether (sulfide) groups is 1. The van der Waals surface area contributed by atoms with Crippen molar-refractivity contribution >= 4 is 11.8 Å². The van der Waals surface area contributed by atoms with Crippen LogP contribution in [0, 0.1) is 18.3 Å². The molecule has 1 aliphatic heterocycles. The van der Waals surface area contributed by atoms with E-state index in [4.69, 9.17) is 19.9 Å². The summed E-state index contributed by atoms with van der Waals surface area (Å²) in [6.07, 6.45) is 0.892. The van der Waals surface area contributed by atoms with Crippen LogP contribution in [0.15, 0.2) is 58.8 Å². The van der Waals surface area contributed by atoms with Crippen LogP contribution in [0.5, 0.6) is 17.4 Å². The Kier molecular flexibility index (Phi) is 6.80. The van der Waals surface area contributed by atoms with Crippen LogP contribution in [-0.4, -0.2) is 23.9 Å². The molecule has 1 aliphatic rings. The lowest BCUT2D eigenvalue weighted by molar-refractivity contribution is 0.294. The van der Waals surface area contributed by atoms with E-state index in [9.17, 15) is 5.26 Å². The summed E-state index contributed by atoms with van der Waals surface area (Å²) in [5, 5.41) is 17.3. The Hall–Kier alpha value is -3.57. The molecule has 2 heterocycles. The molecule has 7 nitrogen and oxygen atoms in total. The molecule has 0 saturated heterocycles.